The molecule has 0 saturated carbocycles. The van der Waals surface area contributed by atoms with E-state index in [0.29, 0.717) is 5.92 Å². The highest BCUT2D eigenvalue weighted by molar-refractivity contribution is 5.00. The molecule has 4 nitrogen and oxygen atoms in total. The topological polar surface area (TPSA) is 39.1 Å². The van der Waals surface area contributed by atoms with Crippen molar-refractivity contribution in [3.8, 4) is 0 Å². The Morgan fingerprint density at radius 1 is 1.62 bits per heavy atom. The number of ether oxygens (including phenoxy) is 1. The van der Waals surface area contributed by atoms with Gasteiger partial charge in [-0.2, -0.15) is 5.10 Å². The number of aromatic nitrogens is 2. The predicted molar refractivity (Wildman–Crippen MR) is 63.3 cm³/mol. The molecular formula is C12H21N3O. The van der Waals surface area contributed by atoms with Crippen molar-refractivity contribution in [2.45, 2.75) is 19.3 Å². The molecule has 1 aliphatic heterocycles. The van der Waals surface area contributed by atoms with Crippen molar-refractivity contribution >= 4 is 0 Å². The number of aryl methyl sites for hydroxylation is 1. The van der Waals surface area contributed by atoms with E-state index in [1.54, 1.807) is 0 Å². The molecule has 1 aromatic heterocycles. The molecule has 1 fully saturated rings. The van der Waals surface area contributed by atoms with Crippen LogP contribution in [0.15, 0.2) is 12.3 Å². The zero-order chi connectivity index (χ0) is 11.2. The van der Waals surface area contributed by atoms with Gasteiger partial charge in [0.2, 0.25) is 0 Å². The number of rotatable bonds is 5. The number of hydrogen-bond donors (Lipinski definition) is 1. The Hall–Kier alpha value is -0.870. The normalized spacial score (nSPS) is 21.2. The highest BCUT2D eigenvalue weighted by Crippen LogP contribution is 2.11. The summed E-state index contributed by atoms with van der Waals surface area (Å²) in [5.41, 5.74) is 1.28. The lowest BCUT2D eigenvalue weighted by Gasteiger charge is -2.22. The smallest absolute Gasteiger partial charge is 0.0506 e. The molecule has 0 amide bonds. The molecule has 90 valence electrons. The molecule has 1 aliphatic rings. The van der Waals surface area contributed by atoms with Crippen molar-refractivity contribution in [1.82, 2.24) is 15.1 Å². The molecule has 0 aliphatic carbocycles. The van der Waals surface area contributed by atoms with Gasteiger partial charge in [0.05, 0.1) is 6.61 Å². The van der Waals surface area contributed by atoms with E-state index < -0.39 is 0 Å². The Bertz CT molecular complexity index is 305. The second-order valence-corrected chi connectivity index (χ2v) is 4.48. The van der Waals surface area contributed by atoms with Gasteiger partial charge in [0.25, 0.3) is 0 Å². The van der Waals surface area contributed by atoms with Crippen molar-refractivity contribution in [2.75, 3.05) is 26.3 Å². The van der Waals surface area contributed by atoms with Gasteiger partial charge >= 0.3 is 0 Å². The number of hydrogen-bond acceptors (Lipinski definition) is 3. The van der Waals surface area contributed by atoms with Crippen molar-refractivity contribution in [3.63, 3.8) is 0 Å². The third-order valence-electron chi connectivity index (χ3n) is 3.17. The van der Waals surface area contributed by atoms with E-state index in [-0.39, 0.29) is 0 Å². The van der Waals surface area contributed by atoms with Gasteiger partial charge in [-0.15, -0.1) is 0 Å². The Kier molecular flexibility index (Phi) is 4.36. The molecule has 1 N–H and O–H groups in total. The Balaban J connectivity index is 1.59. The van der Waals surface area contributed by atoms with E-state index in [1.807, 2.05) is 17.9 Å². The van der Waals surface area contributed by atoms with E-state index in [0.717, 1.165) is 32.7 Å². The molecule has 1 saturated heterocycles. The van der Waals surface area contributed by atoms with Crippen LogP contribution in [0.25, 0.3) is 0 Å². The highest BCUT2D eigenvalue weighted by atomic mass is 16.5. The van der Waals surface area contributed by atoms with Crippen molar-refractivity contribution < 1.29 is 4.74 Å². The summed E-state index contributed by atoms with van der Waals surface area (Å²) in [5.74, 6) is 0.709. The van der Waals surface area contributed by atoms with Gasteiger partial charge in [-0.05, 0) is 24.8 Å². The van der Waals surface area contributed by atoms with E-state index in [4.69, 9.17) is 4.74 Å². The first-order valence-electron chi connectivity index (χ1n) is 6.11. The fourth-order valence-corrected chi connectivity index (χ4v) is 2.14. The van der Waals surface area contributed by atoms with Crippen molar-refractivity contribution in [1.29, 1.82) is 0 Å². The predicted octanol–water partition coefficient (Wildman–Crippen LogP) is 0.979. The van der Waals surface area contributed by atoms with Crippen LogP contribution in [-0.4, -0.2) is 36.1 Å². The fourth-order valence-electron chi connectivity index (χ4n) is 2.14. The van der Waals surface area contributed by atoms with Crippen LogP contribution in [0, 0.1) is 5.92 Å². The summed E-state index contributed by atoms with van der Waals surface area (Å²) < 4.78 is 7.39. The second-order valence-electron chi connectivity index (χ2n) is 4.48. The second kappa shape index (κ2) is 6.01. The van der Waals surface area contributed by atoms with Crippen LogP contribution in [-0.2, 0) is 18.2 Å². The zero-order valence-electron chi connectivity index (χ0n) is 9.98. The van der Waals surface area contributed by atoms with Gasteiger partial charge in [-0.25, -0.2) is 0 Å². The summed E-state index contributed by atoms with van der Waals surface area (Å²) in [6.45, 7) is 3.98. The SMILES string of the molecule is Cn1nccc1CCNCC1CCCOC1. The van der Waals surface area contributed by atoms with E-state index in [9.17, 15) is 0 Å². The molecule has 0 aromatic carbocycles. The lowest BCUT2D eigenvalue weighted by atomic mass is 10.0. The maximum atomic E-state index is 5.45. The number of nitrogens with one attached hydrogen (secondary N) is 1. The van der Waals surface area contributed by atoms with Crippen LogP contribution in [0.5, 0.6) is 0 Å². The van der Waals surface area contributed by atoms with Crippen LogP contribution in [0.2, 0.25) is 0 Å². The van der Waals surface area contributed by atoms with Gasteiger partial charge < -0.3 is 10.1 Å². The summed E-state index contributed by atoms with van der Waals surface area (Å²) in [7, 11) is 1.99. The van der Waals surface area contributed by atoms with Gasteiger partial charge in [0, 0.05) is 45.1 Å². The largest absolute Gasteiger partial charge is 0.381 e. The molecular weight excluding hydrogens is 202 g/mol. The van der Waals surface area contributed by atoms with Crippen LogP contribution >= 0.6 is 0 Å². The summed E-state index contributed by atoms with van der Waals surface area (Å²) in [6.07, 6.45) is 5.42. The summed E-state index contributed by atoms with van der Waals surface area (Å²) >= 11 is 0. The molecule has 1 unspecified atom stereocenters. The Morgan fingerprint density at radius 2 is 2.56 bits per heavy atom. The third kappa shape index (κ3) is 3.32. The summed E-state index contributed by atoms with van der Waals surface area (Å²) in [6, 6.07) is 2.07. The third-order valence-corrected chi connectivity index (χ3v) is 3.17. The molecule has 0 radical (unpaired) electrons. The van der Waals surface area contributed by atoms with E-state index >= 15 is 0 Å². The maximum Gasteiger partial charge on any atom is 0.0506 e. The van der Waals surface area contributed by atoms with Gasteiger partial charge in [0.15, 0.2) is 0 Å². The summed E-state index contributed by atoms with van der Waals surface area (Å²) in [5, 5.41) is 7.65. The fraction of sp³-hybridized carbons (Fsp3) is 0.750. The van der Waals surface area contributed by atoms with Crippen LogP contribution in [0.3, 0.4) is 0 Å². The Labute approximate surface area is 97.0 Å². The van der Waals surface area contributed by atoms with Gasteiger partial charge in [0.1, 0.15) is 0 Å². The van der Waals surface area contributed by atoms with E-state index in [1.165, 1.54) is 18.5 Å². The summed E-state index contributed by atoms with van der Waals surface area (Å²) in [4.78, 5) is 0. The molecule has 2 rings (SSSR count). The average molecular weight is 223 g/mol. The van der Waals surface area contributed by atoms with Crippen LogP contribution in [0.1, 0.15) is 18.5 Å². The maximum absolute atomic E-state index is 5.45. The minimum atomic E-state index is 0.709. The quantitative estimate of drug-likeness (QED) is 0.756. The van der Waals surface area contributed by atoms with Crippen molar-refractivity contribution in [3.05, 3.63) is 18.0 Å². The lowest BCUT2D eigenvalue weighted by molar-refractivity contribution is 0.0549. The van der Waals surface area contributed by atoms with Gasteiger partial charge in [-0.3, -0.25) is 4.68 Å². The average Bonchev–Trinajstić information content (AvgIpc) is 2.72. The van der Waals surface area contributed by atoms with Crippen LogP contribution in [0.4, 0.5) is 0 Å². The molecule has 1 atom stereocenters. The Morgan fingerprint density at radius 3 is 3.25 bits per heavy atom. The minimum absolute atomic E-state index is 0.709. The van der Waals surface area contributed by atoms with Crippen LogP contribution < -0.4 is 5.32 Å². The highest BCUT2D eigenvalue weighted by Gasteiger charge is 2.12. The molecule has 0 spiro atoms. The first-order chi connectivity index (χ1) is 7.86. The zero-order valence-corrected chi connectivity index (χ0v) is 9.98. The molecule has 0 bridgehead atoms. The molecule has 1 aromatic rings. The van der Waals surface area contributed by atoms with E-state index in [2.05, 4.69) is 16.5 Å². The molecule has 2 heterocycles. The number of nitrogens with zero attached hydrogens (tertiary/aromatic N) is 2. The molecule has 16 heavy (non-hydrogen) atoms. The minimum Gasteiger partial charge on any atom is -0.381 e. The lowest BCUT2D eigenvalue weighted by Crippen LogP contribution is -2.30. The monoisotopic (exact) mass is 223 g/mol. The van der Waals surface area contributed by atoms with Gasteiger partial charge in [-0.1, -0.05) is 0 Å². The molecule has 4 heteroatoms. The standard InChI is InChI=1S/C12H21N3O/c1-15-12(5-7-14-15)4-6-13-9-11-3-2-8-16-10-11/h5,7,11,13H,2-4,6,8-10H2,1H3. The van der Waals surface area contributed by atoms with Crippen molar-refractivity contribution in [2.24, 2.45) is 13.0 Å². The first kappa shape index (κ1) is 11.6. The first-order valence-corrected chi connectivity index (χ1v) is 6.11.